The van der Waals surface area contributed by atoms with Crippen LogP contribution < -0.4 is 5.73 Å². The lowest BCUT2D eigenvalue weighted by molar-refractivity contribution is -0.161. The predicted molar refractivity (Wildman–Crippen MR) is 111 cm³/mol. The monoisotopic (exact) mass is 444 g/mol. The Kier molecular flexibility index (Phi) is 8.45. The maximum Gasteiger partial charge on any atom is 0.413 e. The molecule has 0 spiro atoms. The summed E-state index contributed by atoms with van der Waals surface area (Å²) in [5.74, 6) is -4.45. The molecular formula is C22H24N2O8. The van der Waals surface area contributed by atoms with Crippen molar-refractivity contribution in [1.29, 1.82) is 0 Å². The van der Waals surface area contributed by atoms with Gasteiger partial charge < -0.3 is 25.8 Å². The quantitative estimate of drug-likeness (QED) is 0.292. The van der Waals surface area contributed by atoms with Gasteiger partial charge in [0.25, 0.3) is 0 Å². The number of benzene rings is 2. The van der Waals surface area contributed by atoms with Gasteiger partial charge in [-0.3, -0.25) is 14.5 Å². The number of aliphatic carboxylic acids is 2. The van der Waals surface area contributed by atoms with E-state index in [-0.39, 0.29) is 6.61 Å². The van der Waals surface area contributed by atoms with Crippen LogP contribution in [-0.4, -0.2) is 62.3 Å². The lowest BCUT2D eigenvalue weighted by Crippen LogP contribution is -2.67. The second-order valence-electron chi connectivity index (χ2n) is 7.01. The predicted octanol–water partition coefficient (Wildman–Crippen LogP) is 1.01. The van der Waals surface area contributed by atoms with E-state index in [1.54, 1.807) is 48.5 Å². The summed E-state index contributed by atoms with van der Waals surface area (Å²) in [6.07, 6.45) is -2.69. The Hall–Kier alpha value is -3.76. The maximum absolute atomic E-state index is 13.2. The van der Waals surface area contributed by atoms with Crippen molar-refractivity contribution in [3.8, 4) is 0 Å². The number of Topliss-reactive ketones (excluding diaryl/α,β-unsaturated/α-hetero) is 1. The van der Waals surface area contributed by atoms with Crippen LogP contribution in [0.4, 0.5) is 4.79 Å². The first-order valence-electron chi connectivity index (χ1n) is 9.60. The molecule has 0 aromatic heterocycles. The summed E-state index contributed by atoms with van der Waals surface area (Å²) in [7, 11) is 0. The highest BCUT2D eigenvalue weighted by Crippen LogP contribution is 2.26. The molecule has 0 aliphatic rings. The van der Waals surface area contributed by atoms with Crippen molar-refractivity contribution in [3.63, 3.8) is 0 Å². The van der Waals surface area contributed by atoms with E-state index in [2.05, 4.69) is 0 Å². The first-order chi connectivity index (χ1) is 15.2. The normalized spacial score (nSPS) is 13.4. The molecule has 10 heteroatoms. The molecule has 0 heterocycles. The van der Waals surface area contributed by atoms with Crippen LogP contribution in [0.2, 0.25) is 0 Å². The van der Waals surface area contributed by atoms with Crippen molar-refractivity contribution < 1.29 is 39.2 Å². The average molecular weight is 444 g/mol. The molecule has 0 saturated heterocycles. The molecule has 0 radical (unpaired) electrons. The van der Waals surface area contributed by atoms with Crippen molar-refractivity contribution in [2.45, 2.75) is 31.0 Å². The molecule has 0 bridgehead atoms. The first-order valence-corrected chi connectivity index (χ1v) is 9.60. The Labute approximate surface area is 183 Å². The number of ether oxygens (including phenoxy) is 1. The number of carboxylic acid groups (broad SMARTS) is 2. The number of carboxylic acids is 2. The molecule has 2 rings (SSSR count). The summed E-state index contributed by atoms with van der Waals surface area (Å²) in [5, 5.41) is 29.0. The molecule has 0 aliphatic heterocycles. The zero-order valence-corrected chi connectivity index (χ0v) is 17.1. The lowest BCUT2D eigenvalue weighted by Gasteiger charge is -2.38. The van der Waals surface area contributed by atoms with Gasteiger partial charge in [0.05, 0.1) is 12.5 Å². The van der Waals surface area contributed by atoms with E-state index in [4.69, 9.17) is 15.6 Å². The van der Waals surface area contributed by atoms with Gasteiger partial charge in [-0.1, -0.05) is 60.7 Å². The number of amides is 1. The van der Waals surface area contributed by atoms with Crippen LogP contribution in [0, 0.1) is 0 Å². The average Bonchev–Trinajstić information content (AvgIpc) is 2.77. The highest BCUT2D eigenvalue weighted by molar-refractivity contribution is 6.12. The number of aliphatic hydroxyl groups is 1. The van der Waals surface area contributed by atoms with Gasteiger partial charge >= 0.3 is 18.0 Å². The Balaban J connectivity index is 2.46. The van der Waals surface area contributed by atoms with Gasteiger partial charge in [0.15, 0.2) is 5.78 Å². The Bertz CT molecular complexity index is 951. The van der Waals surface area contributed by atoms with Gasteiger partial charge in [-0.15, -0.1) is 0 Å². The van der Waals surface area contributed by atoms with E-state index in [1.165, 1.54) is 12.1 Å². The molecule has 1 amide bonds. The standard InChI is InChI=1S/C22H24N2O8/c23-17(11-18(26)27)19(28)22(20(29)30,12-15-7-3-1-4-8-15)24(14-25)21(31)32-13-16-9-5-2-6-10-16/h1-10,17,25H,11-14,23H2,(H,26,27)(H,29,30). The maximum atomic E-state index is 13.2. The Morgan fingerprint density at radius 2 is 1.47 bits per heavy atom. The van der Waals surface area contributed by atoms with Crippen LogP contribution in [0.25, 0.3) is 0 Å². The number of rotatable bonds is 11. The number of carbonyl (C=O) groups is 4. The zero-order chi connectivity index (χ0) is 23.7. The molecule has 2 atom stereocenters. The fourth-order valence-corrected chi connectivity index (χ4v) is 3.22. The fraction of sp³-hybridized carbons (Fsp3) is 0.273. The van der Waals surface area contributed by atoms with Gasteiger partial charge in [-0.25, -0.2) is 9.59 Å². The van der Waals surface area contributed by atoms with Gasteiger partial charge in [-0.2, -0.15) is 0 Å². The molecule has 32 heavy (non-hydrogen) atoms. The third-order valence-corrected chi connectivity index (χ3v) is 4.82. The summed E-state index contributed by atoms with van der Waals surface area (Å²) < 4.78 is 5.14. The number of ketones is 1. The van der Waals surface area contributed by atoms with Gasteiger partial charge in [0.1, 0.15) is 13.3 Å². The topological polar surface area (TPSA) is 167 Å². The van der Waals surface area contributed by atoms with Crippen LogP contribution in [0.3, 0.4) is 0 Å². The molecule has 2 unspecified atom stereocenters. The third kappa shape index (κ3) is 5.68. The smallest absolute Gasteiger partial charge is 0.413 e. The minimum absolute atomic E-state index is 0.243. The minimum Gasteiger partial charge on any atom is -0.481 e. The van der Waals surface area contributed by atoms with Gasteiger partial charge in [0.2, 0.25) is 5.54 Å². The van der Waals surface area contributed by atoms with Crippen molar-refractivity contribution in [2.75, 3.05) is 6.73 Å². The molecule has 2 aromatic rings. The SMILES string of the molecule is NC(CC(=O)O)C(=O)C(Cc1ccccc1)(C(=O)O)N(CO)C(=O)OCc1ccccc1. The molecule has 170 valence electrons. The molecule has 0 aliphatic carbocycles. The highest BCUT2D eigenvalue weighted by Gasteiger charge is 2.55. The summed E-state index contributed by atoms with van der Waals surface area (Å²) in [5.41, 5.74) is 3.94. The second kappa shape index (κ2) is 11.0. The van der Waals surface area contributed by atoms with Gasteiger partial charge in [-0.05, 0) is 11.1 Å². The van der Waals surface area contributed by atoms with Crippen LogP contribution in [0.5, 0.6) is 0 Å². The lowest BCUT2D eigenvalue weighted by atomic mass is 9.81. The van der Waals surface area contributed by atoms with Crippen molar-refractivity contribution in [2.24, 2.45) is 5.73 Å². The summed E-state index contributed by atoms with van der Waals surface area (Å²) >= 11 is 0. The molecule has 2 aromatic carbocycles. The van der Waals surface area contributed by atoms with Crippen molar-refractivity contribution in [1.82, 2.24) is 4.90 Å². The summed E-state index contributed by atoms with van der Waals surface area (Å²) in [4.78, 5) is 49.9. The zero-order valence-electron chi connectivity index (χ0n) is 17.1. The van der Waals surface area contributed by atoms with Gasteiger partial charge in [0, 0.05) is 6.42 Å². The van der Waals surface area contributed by atoms with E-state index in [9.17, 15) is 29.4 Å². The van der Waals surface area contributed by atoms with E-state index < -0.39 is 55.0 Å². The number of hydrogen-bond acceptors (Lipinski definition) is 7. The fourth-order valence-electron chi connectivity index (χ4n) is 3.22. The highest BCUT2D eigenvalue weighted by atomic mass is 16.6. The van der Waals surface area contributed by atoms with Crippen LogP contribution in [0.15, 0.2) is 60.7 Å². The van der Waals surface area contributed by atoms with Crippen LogP contribution in [0.1, 0.15) is 17.5 Å². The third-order valence-electron chi connectivity index (χ3n) is 4.82. The molecule has 0 saturated carbocycles. The molecule has 0 fully saturated rings. The van der Waals surface area contributed by atoms with E-state index in [0.717, 1.165) is 0 Å². The molecular weight excluding hydrogens is 420 g/mol. The number of aliphatic hydroxyl groups excluding tert-OH is 1. The van der Waals surface area contributed by atoms with Crippen LogP contribution in [-0.2, 0) is 32.1 Å². The minimum atomic E-state index is -2.70. The van der Waals surface area contributed by atoms with E-state index >= 15 is 0 Å². The van der Waals surface area contributed by atoms with Crippen LogP contribution >= 0.6 is 0 Å². The van der Waals surface area contributed by atoms with E-state index in [0.29, 0.717) is 16.0 Å². The molecule has 5 N–H and O–H groups in total. The van der Waals surface area contributed by atoms with Crippen molar-refractivity contribution in [3.05, 3.63) is 71.8 Å². The summed E-state index contributed by atoms with van der Waals surface area (Å²) in [6.45, 7) is -1.43. The van der Waals surface area contributed by atoms with E-state index in [1.807, 2.05) is 0 Å². The number of carbonyl (C=O) groups excluding carboxylic acids is 2. The number of nitrogens with zero attached hydrogens (tertiary/aromatic N) is 1. The molecule has 10 nitrogen and oxygen atoms in total. The summed E-state index contributed by atoms with van der Waals surface area (Å²) in [6, 6.07) is 14.7. The second-order valence-corrected chi connectivity index (χ2v) is 7.01. The largest absolute Gasteiger partial charge is 0.481 e. The number of hydrogen-bond donors (Lipinski definition) is 4. The Morgan fingerprint density at radius 1 is 0.938 bits per heavy atom. The number of nitrogens with two attached hydrogens (primary N) is 1. The van der Waals surface area contributed by atoms with Crippen molar-refractivity contribution >= 4 is 23.8 Å². The Morgan fingerprint density at radius 3 is 1.94 bits per heavy atom. The first kappa shape index (κ1) is 24.5.